The lowest BCUT2D eigenvalue weighted by atomic mass is 9.84. The zero-order chi connectivity index (χ0) is 20.1. The molecule has 0 aliphatic carbocycles. The second-order valence-corrected chi connectivity index (χ2v) is 7.17. The van der Waals surface area contributed by atoms with Crippen LogP contribution >= 0.6 is 0 Å². The Balaban J connectivity index is 1.60. The lowest BCUT2D eigenvalue weighted by Gasteiger charge is -2.38. The third kappa shape index (κ3) is 4.74. The minimum Gasteiger partial charge on any atom is -0.356 e. The molecule has 1 fully saturated rings. The molecule has 28 heavy (non-hydrogen) atoms. The number of halogens is 2. The molecular formula is C22H24F2N2O2. The molecule has 6 heteroatoms. The van der Waals surface area contributed by atoms with Crippen molar-refractivity contribution in [3.8, 4) is 0 Å². The van der Waals surface area contributed by atoms with Crippen LogP contribution in [-0.4, -0.2) is 30.3 Å². The van der Waals surface area contributed by atoms with Crippen LogP contribution in [0.4, 0.5) is 8.78 Å². The molecule has 4 nitrogen and oxygen atoms in total. The van der Waals surface area contributed by atoms with Gasteiger partial charge in [0.05, 0.1) is 12.0 Å². The Labute approximate surface area is 163 Å². The van der Waals surface area contributed by atoms with Gasteiger partial charge in [-0.05, 0) is 54.7 Å². The zero-order valence-electron chi connectivity index (χ0n) is 15.8. The quantitative estimate of drug-likeness (QED) is 0.771. The third-order valence-electron chi connectivity index (χ3n) is 5.26. The van der Waals surface area contributed by atoms with Gasteiger partial charge in [-0.2, -0.15) is 0 Å². The van der Waals surface area contributed by atoms with Crippen molar-refractivity contribution in [1.82, 2.24) is 10.2 Å². The van der Waals surface area contributed by atoms with Gasteiger partial charge in [0.1, 0.15) is 11.6 Å². The van der Waals surface area contributed by atoms with Crippen molar-refractivity contribution in [2.24, 2.45) is 5.92 Å². The van der Waals surface area contributed by atoms with Crippen molar-refractivity contribution >= 4 is 11.8 Å². The van der Waals surface area contributed by atoms with Gasteiger partial charge in [0.25, 0.3) is 0 Å². The summed E-state index contributed by atoms with van der Waals surface area (Å²) in [4.78, 5) is 26.5. The molecule has 2 atom stereocenters. The summed E-state index contributed by atoms with van der Waals surface area (Å²) in [5.74, 6) is -1.11. The smallest absolute Gasteiger partial charge is 0.225 e. The number of nitrogens with one attached hydrogen (secondary N) is 1. The number of likely N-dealkylation sites (tertiary alicyclic amines) is 1. The van der Waals surface area contributed by atoms with Crippen LogP contribution in [0.15, 0.2) is 48.5 Å². The van der Waals surface area contributed by atoms with E-state index in [0.29, 0.717) is 19.4 Å². The Hall–Kier alpha value is -2.76. The largest absolute Gasteiger partial charge is 0.356 e. The second-order valence-electron chi connectivity index (χ2n) is 7.17. The van der Waals surface area contributed by atoms with Gasteiger partial charge in [0, 0.05) is 20.0 Å². The number of hydrogen-bond acceptors (Lipinski definition) is 2. The van der Waals surface area contributed by atoms with Gasteiger partial charge in [-0.25, -0.2) is 8.78 Å². The molecule has 1 aliphatic rings. The van der Waals surface area contributed by atoms with Gasteiger partial charge in [-0.3, -0.25) is 9.59 Å². The second kappa shape index (κ2) is 8.95. The van der Waals surface area contributed by atoms with E-state index in [4.69, 9.17) is 0 Å². The van der Waals surface area contributed by atoms with Crippen molar-refractivity contribution in [3.05, 3.63) is 71.3 Å². The van der Waals surface area contributed by atoms with E-state index in [1.54, 1.807) is 36.2 Å². The summed E-state index contributed by atoms with van der Waals surface area (Å²) < 4.78 is 26.2. The highest BCUT2D eigenvalue weighted by atomic mass is 19.1. The van der Waals surface area contributed by atoms with Gasteiger partial charge < -0.3 is 10.2 Å². The number of rotatable bonds is 6. The number of amides is 2. The van der Waals surface area contributed by atoms with Crippen LogP contribution in [0.2, 0.25) is 0 Å². The van der Waals surface area contributed by atoms with E-state index in [9.17, 15) is 18.4 Å². The van der Waals surface area contributed by atoms with E-state index >= 15 is 0 Å². The number of hydrogen-bond donors (Lipinski definition) is 1. The Bertz CT molecular complexity index is 821. The SMILES string of the molecule is CN1C(=O)CCC(C(=O)NCCCc2ccc(F)cc2)C1c1ccc(F)cc1. The van der Waals surface area contributed by atoms with Crippen LogP contribution in [0.1, 0.15) is 36.4 Å². The monoisotopic (exact) mass is 386 g/mol. The average Bonchev–Trinajstić information content (AvgIpc) is 2.69. The summed E-state index contributed by atoms with van der Waals surface area (Å²) in [5.41, 5.74) is 1.77. The highest BCUT2D eigenvalue weighted by molar-refractivity contribution is 5.84. The molecule has 0 bridgehead atoms. The predicted octanol–water partition coefficient (Wildman–Crippen LogP) is 3.62. The molecule has 1 saturated heterocycles. The predicted molar refractivity (Wildman–Crippen MR) is 102 cm³/mol. The maximum absolute atomic E-state index is 13.3. The van der Waals surface area contributed by atoms with Crippen molar-refractivity contribution in [2.45, 2.75) is 31.7 Å². The summed E-state index contributed by atoms with van der Waals surface area (Å²) in [6.07, 6.45) is 2.27. The van der Waals surface area contributed by atoms with Crippen molar-refractivity contribution in [1.29, 1.82) is 0 Å². The molecule has 3 rings (SSSR count). The average molecular weight is 386 g/mol. The molecule has 2 unspecified atom stereocenters. The molecule has 1 aliphatic heterocycles. The van der Waals surface area contributed by atoms with Crippen LogP contribution in [0, 0.1) is 17.6 Å². The van der Waals surface area contributed by atoms with E-state index < -0.39 is 6.04 Å². The number of carbonyl (C=O) groups is 2. The Morgan fingerprint density at radius 3 is 2.32 bits per heavy atom. The normalized spacial score (nSPS) is 19.5. The summed E-state index contributed by atoms with van der Waals surface area (Å²) in [6.45, 7) is 0.501. The molecule has 0 spiro atoms. The van der Waals surface area contributed by atoms with E-state index in [-0.39, 0.29) is 29.4 Å². The van der Waals surface area contributed by atoms with E-state index in [1.165, 1.54) is 24.3 Å². The summed E-state index contributed by atoms with van der Waals surface area (Å²) in [7, 11) is 1.68. The molecule has 0 aromatic heterocycles. The molecular weight excluding hydrogens is 362 g/mol. The minimum atomic E-state index is -0.404. The number of carbonyl (C=O) groups excluding carboxylic acids is 2. The Morgan fingerprint density at radius 1 is 1.07 bits per heavy atom. The summed E-state index contributed by atoms with van der Waals surface area (Å²) in [5, 5.41) is 2.96. The number of piperidine rings is 1. The van der Waals surface area contributed by atoms with Gasteiger partial charge in [-0.15, -0.1) is 0 Å². The molecule has 0 radical (unpaired) electrons. The van der Waals surface area contributed by atoms with Crippen molar-refractivity contribution in [3.63, 3.8) is 0 Å². The summed E-state index contributed by atoms with van der Waals surface area (Å²) in [6, 6.07) is 11.9. The highest BCUT2D eigenvalue weighted by Crippen LogP contribution is 2.35. The van der Waals surface area contributed by atoms with E-state index in [0.717, 1.165) is 24.0 Å². The maximum atomic E-state index is 13.3. The fraction of sp³-hybridized carbons (Fsp3) is 0.364. The van der Waals surface area contributed by atoms with Crippen LogP contribution < -0.4 is 5.32 Å². The van der Waals surface area contributed by atoms with Gasteiger partial charge in [0.2, 0.25) is 11.8 Å². The Kier molecular flexibility index (Phi) is 6.39. The zero-order valence-corrected chi connectivity index (χ0v) is 15.8. The fourth-order valence-corrected chi connectivity index (χ4v) is 3.71. The summed E-state index contributed by atoms with van der Waals surface area (Å²) >= 11 is 0. The van der Waals surface area contributed by atoms with Gasteiger partial charge in [-0.1, -0.05) is 24.3 Å². The first-order chi connectivity index (χ1) is 13.5. The maximum Gasteiger partial charge on any atom is 0.225 e. The highest BCUT2D eigenvalue weighted by Gasteiger charge is 2.38. The third-order valence-corrected chi connectivity index (χ3v) is 5.26. The first-order valence-electron chi connectivity index (χ1n) is 9.49. The van der Waals surface area contributed by atoms with Gasteiger partial charge in [0.15, 0.2) is 0 Å². The number of benzene rings is 2. The van der Waals surface area contributed by atoms with Crippen LogP contribution in [0.5, 0.6) is 0 Å². The lowest BCUT2D eigenvalue weighted by Crippen LogP contribution is -2.46. The van der Waals surface area contributed by atoms with Crippen LogP contribution in [0.3, 0.4) is 0 Å². The molecule has 1 N–H and O–H groups in total. The van der Waals surface area contributed by atoms with Crippen LogP contribution in [-0.2, 0) is 16.0 Å². The first-order valence-corrected chi connectivity index (χ1v) is 9.49. The van der Waals surface area contributed by atoms with Gasteiger partial charge >= 0.3 is 0 Å². The lowest BCUT2D eigenvalue weighted by molar-refractivity contribution is -0.141. The topological polar surface area (TPSA) is 49.4 Å². The van der Waals surface area contributed by atoms with Crippen molar-refractivity contribution < 1.29 is 18.4 Å². The molecule has 0 saturated carbocycles. The number of nitrogens with zero attached hydrogens (tertiary/aromatic N) is 1. The standard InChI is InChI=1S/C22H24F2N2O2/c1-26-20(27)13-12-19(21(26)16-6-10-18(24)11-7-16)22(28)25-14-2-3-15-4-8-17(23)9-5-15/h4-11,19,21H,2-3,12-14H2,1H3,(H,25,28). The fourth-order valence-electron chi connectivity index (χ4n) is 3.71. The minimum absolute atomic E-state index is 0.0188. The molecule has 2 aromatic rings. The van der Waals surface area contributed by atoms with E-state index in [1.807, 2.05) is 0 Å². The molecule has 148 valence electrons. The molecule has 1 heterocycles. The van der Waals surface area contributed by atoms with E-state index in [2.05, 4.69) is 5.32 Å². The number of aryl methyl sites for hydroxylation is 1. The molecule has 2 aromatic carbocycles. The molecule has 2 amide bonds. The van der Waals surface area contributed by atoms with Crippen molar-refractivity contribution in [2.75, 3.05) is 13.6 Å². The van der Waals surface area contributed by atoms with Crippen LogP contribution in [0.25, 0.3) is 0 Å². The Morgan fingerprint density at radius 2 is 1.68 bits per heavy atom. The first kappa shape index (κ1) is 20.0.